The molecule has 0 spiro atoms. The summed E-state index contributed by atoms with van der Waals surface area (Å²) >= 11 is 0. The number of amides is 2. The molecule has 8 heteroatoms. The van der Waals surface area contributed by atoms with Crippen molar-refractivity contribution in [3.05, 3.63) is 119 Å². The molecule has 5 rings (SSSR count). The van der Waals surface area contributed by atoms with Crippen molar-refractivity contribution < 1.29 is 23.1 Å². The highest BCUT2D eigenvalue weighted by Gasteiger charge is 2.33. The van der Waals surface area contributed by atoms with Gasteiger partial charge in [0.05, 0.1) is 6.04 Å². The Morgan fingerprint density at radius 2 is 1.93 bits per heavy atom. The molecular weight excluding hydrogens is 509 g/mol. The number of ether oxygens (including phenoxy) is 1. The number of aromatic nitrogens is 1. The number of hydrogen-bond acceptors (Lipinski definition) is 5. The summed E-state index contributed by atoms with van der Waals surface area (Å²) in [6.07, 6.45) is 3.08. The molecule has 1 aliphatic rings. The Bertz CT molecular complexity index is 1470. The van der Waals surface area contributed by atoms with E-state index in [9.17, 15) is 14.0 Å². The van der Waals surface area contributed by atoms with Crippen LogP contribution in [-0.4, -0.2) is 34.8 Å². The van der Waals surface area contributed by atoms with E-state index in [1.165, 1.54) is 12.1 Å². The predicted octanol–water partition coefficient (Wildman–Crippen LogP) is 5.50. The molecule has 2 aromatic carbocycles. The zero-order valence-corrected chi connectivity index (χ0v) is 22.6. The van der Waals surface area contributed by atoms with Crippen LogP contribution in [-0.2, 0) is 24.2 Å². The molecule has 1 atom stereocenters. The number of pyridine rings is 1. The zero-order valence-electron chi connectivity index (χ0n) is 22.6. The first-order valence-electron chi connectivity index (χ1n) is 13.5. The van der Waals surface area contributed by atoms with Crippen molar-refractivity contribution in [2.45, 2.75) is 39.3 Å². The molecule has 1 aliphatic heterocycles. The first kappa shape index (κ1) is 27.1. The van der Waals surface area contributed by atoms with Gasteiger partial charge in [-0.05, 0) is 71.6 Å². The van der Waals surface area contributed by atoms with Crippen LogP contribution in [0, 0.1) is 11.7 Å². The maximum absolute atomic E-state index is 13.7. The van der Waals surface area contributed by atoms with Gasteiger partial charge in [-0.3, -0.25) is 14.6 Å². The summed E-state index contributed by atoms with van der Waals surface area (Å²) in [4.78, 5) is 31.7. The van der Waals surface area contributed by atoms with Gasteiger partial charge in [0, 0.05) is 37.3 Å². The lowest BCUT2D eigenvalue weighted by Gasteiger charge is -2.39. The molecule has 0 saturated carbocycles. The number of rotatable bonds is 9. The van der Waals surface area contributed by atoms with Crippen molar-refractivity contribution >= 4 is 11.8 Å². The van der Waals surface area contributed by atoms with Gasteiger partial charge in [-0.15, -0.1) is 0 Å². The van der Waals surface area contributed by atoms with Crippen LogP contribution in [0.3, 0.4) is 0 Å². The highest BCUT2D eigenvalue weighted by molar-refractivity contribution is 5.91. The molecule has 0 saturated heterocycles. The molecule has 2 amide bonds. The molecule has 0 unspecified atom stereocenters. The summed E-state index contributed by atoms with van der Waals surface area (Å²) in [6, 6.07) is 20.8. The molecule has 0 aliphatic carbocycles. The highest BCUT2D eigenvalue weighted by Crippen LogP contribution is 2.38. The molecule has 3 heterocycles. The highest BCUT2D eigenvalue weighted by atomic mass is 19.1. The molecule has 2 aromatic heterocycles. The molecule has 0 radical (unpaired) electrons. The molecular formula is C32H32FN3O4. The molecule has 0 bridgehead atoms. The third-order valence-corrected chi connectivity index (χ3v) is 6.97. The quantitative estimate of drug-likeness (QED) is 0.303. The van der Waals surface area contributed by atoms with Crippen LogP contribution in [0.4, 0.5) is 4.39 Å². The third-order valence-electron chi connectivity index (χ3n) is 6.97. The first-order chi connectivity index (χ1) is 19.4. The number of hydrogen-bond donors (Lipinski definition) is 1. The predicted molar refractivity (Wildman–Crippen MR) is 148 cm³/mol. The second-order valence-electron chi connectivity index (χ2n) is 10.1. The van der Waals surface area contributed by atoms with E-state index in [-0.39, 0.29) is 42.0 Å². The second-order valence-corrected chi connectivity index (χ2v) is 10.1. The third kappa shape index (κ3) is 6.22. The van der Waals surface area contributed by atoms with E-state index in [2.05, 4.69) is 10.3 Å². The Morgan fingerprint density at radius 1 is 1.10 bits per heavy atom. The smallest absolute Gasteiger partial charge is 0.287 e. The minimum atomic E-state index is -0.340. The van der Waals surface area contributed by atoms with Gasteiger partial charge in [0.25, 0.3) is 5.91 Å². The Hall–Kier alpha value is -4.46. The van der Waals surface area contributed by atoms with Crippen LogP contribution in [0.25, 0.3) is 0 Å². The van der Waals surface area contributed by atoms with Gasteiger partial charge in [0.2, 0.25) is 5.91 Å². The van der Waals surface area contributed by atoms with Gasteiger partial charge >= 0.3 is 0 Å². The first-order valence-corrected chi connectivity index (χ1v) is 13.5. The lowest BCUT2D eigenvalue weighted by molar-refractivity contribution is -0.136. The molecule has 206 valence electrons. The number of halogens is 1. The Labute approximate surface area is 233 Å². The van der Waals surface area contributed by atoms with E-state index in [0.29, 0.717) is 31.0 Å². The Morgan fingerprint density at radius 3 is 2.67 bits per heavy atom. The minimum absolute atomic E-state index is 0.0488. The van der Waals surface area contributed by atoms with Crippen molar-refractivity contribution in [2.75, 3.05) is 13.1 Å². The van der Waals surface area contributed by atoms with E-state index in [0.717, 1.165) is 28.8 Å². The van der Waals surface area contributed by atoms with Gasteiger partial charge in [-0.2, -0.15) is 0 Å². The molecule has 4 aromatic rings. The molecule has 7 nitrogen and oxygen atoms in total. The number of carbonyl (C=O) groups is 2. The largest absolute Gasteiger partial charge is 0.486 e. The van der Waals surface area contributed by atoms with Crippen LogP contribution in [0.2, 0.25) is 0 Å². The number of carbonyl (C=O) groups excluding carboxylic acids is 2. The second kappa shape index (κ2) is 12.2. The van der Waals surface area contributed by atoms with Gasteiger partial charge in [-0.1, -0.05) is 38.1 Å². The summed E-state index contributed by atoms with van der Waals surface area (Å²) in [7, 11) is 0. The van der Waals surface area contributed by atoms with Crippen LogP contribution < -0.4 is 10.1 Å². The molecule has 1 N–H and O–H groups in total. The normalized spacial score (nSPS) is 14.6. The van der Waals surface area contributed by atoms with Crippen molar-refractivity contribution in [1.29, 1.82) is 0 Å². The van der Waals surface area contributed by atoms with E-state index >= 15 is 0 Å². The van der Waals surface area contributed by atoms with Crippen molar-refractivity contribution in [2.24, 2.45) is 5.92 Å². The van der Waals surface area contributed by atoms with E-state index in [4.69, 9.17) is 9.15 Å². The summed E-state index contributed by atoms with van der Waals surface area (Å²) < 4.78 is 25.5. The SMILES string of the molecule is CC(C)C(=O)N1CCc2ccc(OCc3ccc(C(=O)NCCc4ccccn4)o3)cc2[C@@H]1c1ccc(F)cc1. The van der Waals surface area contributed by atoms with Crippen LogP contribution in [0.5, 0.6) is 5.75 Å². The lowest BCUT2D eigenvalue weighted by atomic mass is 9.87. The van der Waals surface area contributed by atoms with Crippen molar-refractivity contribution in [1.82, 2.24) is 15.2 Å². The number of furan rings is 1. The Kier molecular flexibility index (Phi) is 8.24. The van der Waals surface area contributed by atoms with Gasteiger partial charge in [0.15, 0.2) is 5.76 Å². The van der Waals surface area contributed by atoms with E-state index in [1.54, 1.807) is 30.5 Å². The monoisotopic (exact) mass is 541 g/mol. The topological polar surface area (TPSA) is 84.7 Å². The zero-order chi connectivity index (χ0) is 28.1. The number of nitrogens with one attached hydrogen (secondary N) is 1. The fraction of sp³-hybridized carbons (Fsp3) is 0.281. The number of benzene rings is 2. The fourth-order valence-corrected chi connectivity index (χ4v) is 4.93. The van der Waals surface area contributed by atoms with Crippen molar-refractivity contribution in [3.8, 4) is 5.75 Å². The van der Waals surface area contributed by atoms with Gasteiger partial charge in [0.1, 0.15) is 23.9 Å². The summed E-state index contributed by atoms with van der Waals surface area (Å²) in [5.74, 6) is 0.606. The minimum Gasteiger partial charge on any atom is -0.486 e. The van der Waals surface area contributed by atoms with Crippen LogP contribution in [0.1, 0.15) is 58.6 Å². The van der Waals surface area contributed by atoms with Crippen LogP contribution >= 0.6 is 0 Å². The molecule has 40 heavy (non-hydrogen) atoms. The van der Waals surface area contributed by atoms with E-state index in [1.807, 2.05) is 55.1 Å². The van der Waals surface area contributed by atoms with Gasteiger partial charge < -0.3 is 19.4 Å². The summed E-state index contributed by atoms with van der Waals surface area (Å²) in [5, 5.41) is 2.84. The average Bonchev–Trinajstić information content (AvgIpc) is 3.45. The van der Waals surface area contributed by atoms with Crippen molar-refractivity contribution in [3.63, 3.8) is 0 Å². The maximum Gasteiger partial charge on any atom is 0.287 e. The number of fused-ring (bicyclic) bond motifs is 1. The maximum atomic E-state index is 13.7. The summed E-state index contributed by atoms with van der Waals surface area (Å²) in [6.45, 7) is 4.94. The average molecular weight is 542 g/mol. The summed E-state index contributed by atoms with van der Waals surface area (Å²) in [5.41, 5.74) is 3.83. The molecule has 0 fully saturated rings. The lowest BCUT2D eigenvalue weighted by Crippen LogP contribution is -2.42. The van der Waals surface area contributed by atoms with E-state index < -0.39 is 0 Å². The standard InChI is InChI=1S/C32H32FN3O4/c1-21(2)32(38)36-18-15-22-8-11-26(19-28(22)30(36)23-6-9-24(33)10-7-23)39-20-27-12-13-29(40-27)31(37)35-17-14-25-5-3-4-16-34-25/h3-13,16,19,21,30H,14-15,17-18,20H2,1-2H3,(H,35,37)/t30-/m0/s1. The Balaban J connectivity index is 1.27. The number of nitrogens with zero attached hydrogens (tertiary/aromatic N) is 2. The fourth-order valence-electron chi connectivity index (χ4n) is 4.93. The van der Waals surface area contributed by atoms with Gasteiger partial charge in [-0.25, -0.2) is 4.39 Å². The van der Waals surface area contributed by atoms with Crippen LogP contribution in [0.15, 0.2) is 83.4 Å².